The first-order chi connectivity index (χ1) is 13.8. The fourth-order valence-corrected chi connectivity index (χ4v) is 3.12. The van der Waals surface area contributed by atoms with E-state index in [1.54, 1.807) is 31.2 Å². The van der Waals surface area contributed by atoms with Crippen molar-refractivity contribution in [1.82, 2.24) is 9.78 Å². The number of carbonyl (C=O) groups is 1. The number of methoxy groups -OCH3 is 2. The topological polar surface area (TPSA) is 82.5 Å². The lowest BCUT2D eigenvalue weighted by molar-refractivity contribution is 0.101. The number of para-hydroxylation sites is 1. The van der Waals surface area contributed by atoms with Crippen LogP contribution in [0.1, 0.15) is 16.2 Å². The zero-order valence-corrected chi connectivity index (χ0v) is 17.3. The molecular formula is C20H17Cl2N3O4. The molecular weight excluding hydrogens is 417 g/mol. The smallest absolute Gasteiger partial charge is 0.280 e. The summed E-state index contributed by atoms with van der Waals surface area (Å²) in [5.41, 5.74) is 0.496. The summed E-state index contributed by atoms with van der Waals surface area (Å²) in [4.78, 5) is 25.2. The Morgan fingerprint density at radius 3 is 2.34 bits per heavy atom. The van der Waals surface area contributed by atoms with Crippen LogP contribution < -0.4 is 20.2 Å². The first-order valence-electron chi connectivity index (χ1n) is 8.44. The van der Waals surface area contributed by atoms with Gasteiger partial charge < -0.3 is 14.8 Å². The van der Waals surface area contributed by atoms with Crippen LogP contribution in [0.4, 0.5) is 5.69 Å². The Kier molecular flexibility index (Phi) is 6.10. The summed E-state index contributed by atoms with van der Waals surface area (Å²) >= 11 is 12.4. The zero-order valence-electron chi connectivity index (χ0n) is 15.8. The molecule has 0 radical (unpaired) electrons. The maximum atomic E-state index is 12.8. The van der Waals surface area contributed by atoms with Gasteiger partial charge in [0.1, 0.15) is 0 Å². The second-order valence-corrected chi connectivity index (χ2v) is 6.82. The van der Waals surface area contributed by atoms with Gasteiger partial charge in [-0.05, 0) is 19.1 Å². The third kappa shape index (κ3) is 4.21. The number of anilines is 1. The fourth-order valence-electron chi connectivity index (χ4n) is 2.70. The van der Waals surface area contributed by atoms with Crippen LogP contribution in [-0.4, -0.2) is 29.9 Å². The highest BCUT2D eigenvalue weighted by molar-refractivity contribution is 6.34. The maximum absolute atomic E-state index is 12.8. The van der Waals surface area contributed by atoms with E-state index in [1.165, 1.54) is 37.1 Å². The molecule has 0 atom stereocenters. The van der Waals surface area contributed by atoms with E-state index in [0.717, 1.165) is 0 Å². The number of amides is 1. The molecule has 3 rings (SSSR count). The van der Waals surface area contributed by atoms with E-state index < -0.39 is 11.3 Å². The van der Waals surface area contributed by atoms with Crippen molar-refractivity contribution in [2.75, 3.05) is 19.5 Å². The van der Waals surface area contributed by atoms with Crippen molar-refractivity contribution < 1.29 is 14.3 Å². The molecule has 150 valence electrons. The molecule has 3 aromatic rings. The molecule has 9 heteroatoms. The Labute approximate surface area is 176 Å². The average Bonchev–Trinajstić information content (AvgIpc) is 2.70. The SMILES string of the molecule is COc1cc(Cl)c(NC(=O)c2nn(-c3ccccc3Cl)c(C)cc2=O)cc1OC. The average molecular weight is 434 g/mol. The fraction of sp³-hybridized carbons (Fsp3) is 0.150. The largest absolute Gasteiger partial charge is 0.493 e. The number of nitrogens with one attached hydrogen (secondary N) is 1. The normalized spacial score (nSPS) is 10.5. The summed E-state index contributed by atoms with van der Waals surface area (Å²) in [6.45, 7) is 1.70. The highest BCUT2D eigenvalue weighted by atomic mass is 35.5. The van der Waals surface area contributed by atoms with Crippen LogP contribution in [0.5, 0.6) is 11.5 Å². The van der Waals surface area contributed by atoms with Crippen molar-refractivity contribution in [2.24, 2.45) is 0 Å². The number of ether oxygens (including phenoxy) is 2. The summed E-state index contributed by atoms with van der Waals surface area (Å²) in [5.74, 6) is 0.0625. The number of halogens is 2. The Morgan fingerprint density at radius 1 is 1.03 bits per heavy atom. The number of nitrogens with zero attached hydrogens (tertiary/aromatic N) is 2. The molecule has 1 N–H and O–H groups in total. The summed E-state index contributed by atoms with van der Waals surface area (Å²) < 4.78 is 11.8. The molecule has 0 saturated carbocycles. The molecule has 1 heterocycles. The van der Waals surface area contributed by atoms with Gasteiger partial charge >= 0.3 is 0 Å². The Balaban J connectivity index is 2.02. The van der Waals surface area contributed by atoms with Crippen LogP contribution in [0.2, 0.25) is 10.0 Å². The molecule has 0 aliphatic rings. The van der Waals surface area contributed by atoms with Crippen molar-refractivity contribution >= 4 is 34.8 Å². The Bertz CT molecular complexity index is 1150. The van der Waals surface area contributed by atoms with Gasteiger partial charge in [-0.2, -0.15) is 5.10 Å². The minimum Gasteiger partial charge on any atom is -0.493 e. The quantitative estimate of drug-likeness (QED) is 0.654. The van der Waals surface area contributed by atoms with Crippen LogP contribution in [0.25, 0.3) is 5.69 Å². The molecule has 29 heavy (non-hydrogen) atoms. The molecule has 7 nitrogen and oxygen atoms in total. The van der Waals surface area contributed by atoms with Crippen molar-refractivity contribution in [1.29, 1.82) is 0 Å². The number of benzene rings is 2. The van der Waals surface area contributed by atoms with Gasteiger partial charge in [-0.3, -0.25) is 9.59 Å². The van der Waals surface area contributed by atoms with Crippen LogP contribution in [0, 0.1) is 6.92 Å². The first-order valence-corrected chi connectivity index (χ1v) is 9.20. The first kappa shape index (κ1) is 20.7. The highest BCUT2D eigenvalue weighted by Gasteiger charge is 2.19. The minimum absolute atomic E-state index is 0.217. The number of hydrogen-bond donors (Lipinski definition) is 1. The maximum Gasteiger partial charge on any atom is 0.280 e. The zero-order chi connectivity index (χ0) is 21.1. The van der Waals surface area contributed by atoms with Gasteiger partial charge in [0.2, 0.25) is 5.43 Å². The van der Waals surface area contributed by atoms with Gasteiger partial charge in [-0.25, -0.2) is 4.68 Å². The third-order valence-corrected chi connectivity index (χ3v) is 4.76. The molecule has 0 saturated heterocycles. The van der Waals surface area contributed by atoms with Crippen molar-refractivity contribution in [3.05, 3.63) is 74.1 Å². The summed E-state index contributed by atoms with van der Waals surface area (Å²) in [6.07, 6.45) is 0. The number of hydrogen-bond acceptors (Lipinski definition) is 5. The summed E-state index contributed by atoms with van der Waals surface area (Å²) in [5, 5.41) is 7.45. The van der Waals surface area contributed by atoms with Gasteiger partial charge in [0.15, 0.2) is 17.2 Å². The van der Waals surface area contributed by atoms with E-state index in [4.69, 9.17) is 32.7 Å². The van der Waals surface area contributed by atoms with Gasteiger partial charge in [0.25, 0.3) is 5.91 Å². The number of rotatable bonds is 5. The summed E-state index contributed by atoms with van der Waals surface area (Å²) in [7, 11) is 2.93. The van der Waals surface area contributed by atoms with Crippen LogP contribution in [0.3, 0.4) is 0 Å². The number of aromatic nitrogens is 2. The van der Waals surface area contributed by atoms with E-state index >= 15 is 0 Å². The molecule has 0 fully saturated rings. The molecule has 0 bridgehead atoms. The lowest BCUT2D eigenvalue weighted by Gasteiger charge is -2.14. The second kappa shape index (κ2) is 8.55. The second-order valence-electron chi connectivity index (χ2n) is 6.00. The van der Waals surface area contributed by atoms with E-state index in [9.17, 15) is 9.59 Å². The monoisotopic (exact) mass is 433 g/mol. The number of carbonyl (C=O) groups excluding carboxylic acids is 1. The standard InChI is InChI=1S/C20H17Cl2N3O4/c1-11-8-16(26)19(24-25(11)15-7-5-4-6-12(15)21)20(27)23-14-10-18(29-3)17(28-2)9-13(14)22/h4-10H,1-3H3,(H,23,27). The van der Waals surface area contributed by atoms with Crippen molar-refractivity contribution in [2.45, 2.75) is 6.92 Å². The highest BCUT2D eigenvalue weighted by Crippen LogP contribution is 2.36. The minimum atomic E-state index is -0.718. The van der Waals surface area contributed by atoms with E-state index in [1.807, 2.05) is 0 Å². The van der Waals surface area contributed by atoms with E-state index in [-0.39, 0.29) is 16.4 Å². The lowest BCUT2D eigenvalue weighted by Crippen LogP contribution is -2.27. The third-order valence-electron chi connectivity index (χ3n) is 4.12. The predicted octanol–water partition coefficient (Wildman–Crippen LogP) is 4.12. The molecule has 0 spiro atoms. The van der Waals surface area contributed by atoms with Gasteiger partial charge in [0.05, 0.1) is 35.6 Å². The van der Waals surface area contributed by atoms with Crippen LogP contribution >= 0.6 is 23.2 Å². The molecule has 0 unspecified atom stereocenters. The Morgan fingerprint density at radius 2 is 1.69 bits per heavy atom. The lowest BCUT2D eigenvalue weighted by atomic mass is 10.2. The molecule has 0 aliphatic heterocycles. The van der Waals surface area contributed by atoms with Gasteiger partial charge in [0, 0.05) is 23.9 Å². The number of aryl methyl sites for hydroxylation is 1. The molecule has 0 aliphatic carbocycles. The van der Waals surface area contributed by atoms with Crippen molar-refractivity contribution in [3.63, 3.8) is 0 Å². The molecule has 2 aromatic carbocycles. The summed E-state index contributed by atoms with van der Waals surface area (Å²) in [6, 6.07) is 11.3. The predicted molar refractivity (Wildman–Crippen MR) is 112 cm³/mol. The van der Waals surface area contributed by atoms with Crippen molar-refractivity contribution in [3.8, 4) is 17.2 Å². The Hall–Kier alpha value is -3.03. The molecule has 1 aromatic heterocycles. The molecule has 1 amide bonds. The van der Waals surface area contributed by atoms with Gasteiger partial charge in [-0.15, -0.1) is 0 Å². The van der Waals surface area contributed by atoms with E-state index in [0.29, 0.717) is 27.9 Å². The van der Waals surface area contributed by atoms with Crippen LogP contribution in [0.15, 0.2) is 47.3 Å². The van der Waals surface area contributed by atoms with E-state index in [2.05, 4.69) is 10.4 Å². The van der Waals surface area contributed by atoms with Crippen LogP contribution in [-0.2, 0) is 0 Å². The van der Waals surface area contributed by atoms with Gasteiger partial charge in [-0.1, -0.05) is 35.3 Å².